The van der Waals surface area contributed by atoms with Gasteiger partial charge in [-0.3, -0.25) is 4.79 Å². The summed E-state index contributed by atoms with van der Waals surface area (Å²) >= 11 is 0. The number of benzene rings is 1. The van der Waals surface area contributed by atoms with E-state index in [2.05, 4.69) is 0 Å². The van der Waals surface area contributed by atoms with Gasteiger partial charge in [-0.2, -0.15) is 0 Å². The molecule has 0 spiro atoms. The molecule has 0 aromatic heterocycles. The monoisotopic (exact) mass is 251 g/mol. The van der Waals surface area contributed by atoms with Gasteiger partial charge in [-0.15, -0.1) is 0 Å². The van der Waals surface area contributed by atoms with E-state index in [1.54, 1.807) is 0 Å². The fourth-order valence-electron chi connectivity index (χ4n) is 2.12. The van der Waals surface area contributed by atoms with Crippen molar-refractivity contribution in [2.75, 3.05) is 20.3 Å². The van der Waals surface area contributed by atoms with Crippen molar-refractivity contribution >= 4 is 5.97 Å². The van der Waals surface area contributed by atoms with Crippen LogP contribution in [-0.2, 0) is 14.9 Å². The SMILES string of the molecule is COC(=O)C(CN)(CCCO)c1ccc(C)cc1. The van der Waals surface area contributed by atoms with Gasteiger partial charge < -0.3 is 15.6 Å². The Morgan fingerprint density at radius 2 is 2.00 bits per heavy atom. The van der Waals surface area contributed by atoms with E-state index in [-0.39, 0.29) is 19.1 Å². The number of aliphatic hydroxyl groups is 1. The van der Waals surface area contributed by atoms with Crippen LogP contribution in [0.1, 0.15) is 24.0 Å². The summed E-state index contributed by atoms with van der Waals surface area (Å²) in [5.41, 5.74) is 6.92. The zero-order valence-corrected chi connectivity index (χ0v) is 11.0. The maximum absolute atomic E-state index is 12.1. The Labute approximate surface area is 108 Å². The van der Waals surface area contributed by atoms with Crippen molar-refractivity contribution in [1.29, 1.82) is 0 Å². The predicted octanol–water partition coefficient (Wildman–Crippen LogP) is 1.14. The van der Waals surface area contributed by atoms with Crippen molar-refractivity contribution < 1.29 is 14.6 Å². The summed E-state index contributed by atoms with van der Waals surface area (Å²) in [4.78, 5) is 12.1. The number of carbonyl (C=O) groups is 1. The Balaban J connectivity index is 3.16. The van der Waals surface area contributed by atoms with Gasteiger partial charge in [-0.1, -0.05) is 29.8 Å². The van der Waals surface area contributed by atoms with Crippen LogP contribution in [0.5, 0.6) is 0 Å². The number of ether oxygens (including phenoxy) is 1. The van der Waals surface area contributed by atoms with E-state index >= 15 is 0 Å². The molecule has 18 heavy (non-hydrogen) atoms. The van der Waals surface area contributed by atoms with Crippen LogP contribution in [0.2, 0.25) is 0 Å². The maximum atomic E-state index is 12.1. The molecule has 0 bridgehead atoms. The molecular formula is C14H21NO3. The Bertz CT molecular complexity index is 389. The van der Waals surface area contributed by atoms with Crippen molar-refractivity contribution in [2.45, 2.75) is 25.2 Å². The highest BCUT2D eigenvalue weighted by molar-refractivity contribution is 5.83. The standard InChI is InChI=1S/C14H21NO3/c1-11-4-6-12(7-5-11)14(10-15,8-3-9-16)13(17)18-2/h4-7,16H,3,8-10,15H2,1-2H3. The van der Waals surface area contributed by atoms with Crippen LogP contribution in [0.25, 0.3) is 0 Å². The summed E-state index contributed by atoms with van der Waals surface area (Å²) in [6.45, 7) is 2.19. The Morgan fingerprint density at radius 1 is 1.39 bits per heavy atom. The van der Waals surface area contributed by atoms with Gasteiger partial charge >= 0.3 is 5.97 Å². The molecule has 1 aromatic rings. The zero-order chi connectivity index (χ0) is 13.6. The first-order valence-electron chi connectivity index (χ1n) is 6.07. The summed E-state index contributed by atoms with van der Waals surface area (Å²) in [7, 11) is 1.36. The molecular weight excluding hydrogens is 230 g/mol. The Kier molecular flexibility index (Phi) is 5.31. The van der Waals surface area contributed by atoms with Crippen LogP contribution in [0.15, 0.2) is 24.3 Å². The first kappa shape index (κ1) is 14.7. The highest BCUT2D eigenvalue weighted by Crippen LogP contribution is 2.30. The third kappa shape index (κ3) is 2.89. The Morgan fingerprint density at radius 3 is 2.44 bits per heavy atom. The van der Waals surface area contributed by atoms with E-state index < -0.39 is 5.41 Å². The summed E-state index contributed by atoms with van der Waals surface area (Å²) in [5, 5.41) is 8.98. The molecule has 0 fully saturated rings. The normalized spacial score (nSPS) is 14.0. The lowest BCUT2D eigenvalue weighted by Gasteiger charge is -2.30. The smallest absolute Gasteiger partial charge is 0.317 e. The largest absolute Gasteiger partial charge is 0.468 e. The average Bonchev–Trinajstić information content (AvgIpc) is 2.41. The number of hydrogen-bond acceptors (Lipinski definition) is 4. The molecule has 4 nitrogen and oxygen atoms in total. The molecule has 1 unspecified atom stereocenters. The number of hydrogen-bond donors (Lipinski definition) is 2. The molecule has 0 aliphatic rings. The van der Waals surface area contributed by atoms with Crippen LogP contribution in [0.4, 0.5) is 0 Å². The minimum absolute atomic E-state index is 0.0323. The average molecular weight is 251 g/mol. The zero-order valence-electron chi connectivity index (χ0n) is 11.0. The lowest BCUT2D eigenvalue weighted by molar-refractivity contribution is -0.147. The molecule has 0 saturated heterocycles. The second-order valence-corrected chi connectivity index (χ2v) is 4.47. The fourth-order valence-corrected chi connectivity index (χ4v) is 2.12. The molecule has 1 rings (SSSR count). The third-order valence-corrected chi connectivity index (χ3v) is 3.29. The van der Waals surface area contributed by atoms with Gasteiger partial charge in [0, 0.05) is 13.2 Å². The molecule has 4 heteroatoms. The molecule has 0 heterocycles. The van der Waals surface area contributed by atoms with Gasteiger partial charge in [-0.25, -0.2) is 0 Å². The first-order chi connectivity index (χ1) is 8.60. The number of rotatable bonds is 6. The lowest BCUT2D eigenvalue weighted by Crippen LogP contribution is -2.44. The Hall–Kier alpha value is -1.39. The van der Waals surface area contributed by atoms with Crippen LogP contribution in [0.3, 0.4) is 0 Å². The maximum Gasteiger partial charge on any atom is 0.317 e. The van der Waals surface area contributed by atoms with Crippen molar-refractivity contribution in [2.24, 2.45) is 5.73 Å². The molecule has 3 N–H and O–H groups in total. The number of aliphatic hydroxyl groups excluding tert-OH is 1. The van der Waals surface area contributed by atoms with E-state index in [0.717, 1.165) is 11.1 Å². The second-order valence-electron chi connectivity index (χ2n) is 4.47. The number of aryl methyl sites for hydroxylation is 1. The molecule has 1 atom stereocenters. The number of esters is 1. The molecule has 0 aliphatic carbocycles. The van der Waals surface area contributed by atoms with Crippen LogP contribution >= 0.6 is 0 Å². The van der Waals surface area contributed by atoms with Gasteiger partial charge in [0.05, 0.1) is 7.11 Å². The molecule has 100 valence electrons. The first-order valence-corrected chi connectivity index (χ1v) is 6.07. The van der Waals surface area contributed by atoms with E-state index in [1.807, 2.05) is 31.2 Å². The van der Waals surface area contributed by atoms with Crippen molar-refractivity contribution in [3.63, 3.8) is 0 Å². The number of methoxy groups -OCH3 is 1. The van der Waals surface area contributed by atoms with E-state index in [0.29, 0.717) is 12.8 Å². The number of nitrogens with two attached hydrogens (primary N) is 1. The second kappa shape index (κ2) is 6.52. The van der Waals surface area contributed by atoms with Crippen LogP contribution < -0.4 is 5.73 Å². The third-order valence-electron chi connectivity index (χ3n) is 3.29. The molecule has 1 aromatic carbocycles. The topological polar surface area (TPSA) is 72.5 Å². The quantitative estimate of drug-likeness (QED) is 0.744. The highest BCUT2D eigenvalue weighted by Gasteiger charge is 2.39. The molecule has 0 aliphatic heterocycles. The van der Waals surface area contributed by atoms with Crippen molar-refractivity contribution in [3.8, 4) is 0 Å². The summed E-state index contributed by atoms with van der Waals surface area (Å²) in [6, 6.07) is 7.69. The molecule has 0 radical (unpaired) electrons. The van der Waals surface area contributed by atoms with Gasteiger partial charge in [0.15, 0.2) is 0 Å². The van der Waals surface area contributed by atoms with E-state index in [1.165, 1.54) is 7.11 Å². The van der Waals surface area contributed by atoms with Crippen LogP contribution in [-0.4, -0.2) is 31.3 Å². The molecule has 0 saturated carbocycles. The van der Waals surface area contributed by atoms with Gasteiger partial charge in [0.1, 0.15) is 5.41 Å². The van der Waals surface area contributed by atoms with E-state index in [4.69, 9.17) is 15.6 Å². The minimum atomic E-state index is -0.856. The highest BCUT2D eigenvalue weighted by atomic mass is 16.5. The predicted molar refractivity (Wildman–Crippen MR) is 70.2 cm³/mol. The van der Waals surface area contributed by atoms with Crippen LogP contribution in [0, 0.1) is 6.92 Å². The summed E-state index contributed by atoms with van der Waals surface area (Å²) in [6.07, 6.45) is 0.996. The van der Waals surface area contributed by atoms with E-state index in [9.17, 15) is 4.79 Å². The minimum Gasteiger partial charge on any atom is -0.468 e. The van der Waals surface area contributed by atoms with Gasteiger partial charge in [-0.05, 0) is 25.3 Å². The van der Waals surface area contributed by atoms with Gasteiger partial charge in [0.2, 0.25) is 0 Å². The molecule has 0 amide bonds. The van der Waals surface area contributed by atoms with Crippen molar-refractivity contribution in [3.05, 3.63) is 35.4 Å². The van der Waals surface area contributed by atoms with Gasteiger partial charge in [0.25, 0.3) is 0 Å². The summed E-state index contributed by atoms with van der Waals surface area (Å²) < 4.78 is 4.89. The van der Waals surface area contributed by atoms with Crippen molar-refractivity contribution in [1.82, 2.24) is 0 Å². The summed E-state index contributed by atoms with van der Waals surface area (Å²) in [5.74, 6) is -0.345. The fraction of sp³-hybridized carbons (Fsp3) is 0.500. The lowest BCUT2D eigenvalue weighted by atomic mass is 9.76. The number of carbonyl (C=O) groups excluding carboxylic acids is 1.